The number of aromatic amines is 1. The fourth-order valence-electron chi connectivity index (χ4n) is 5.74. The van der Waals surface area contributed by atoms with Gasteiger partial charge in [-0.1, -0.05) is 25.0 Å². The number of hydrogen-bond donors (Lipinski definition) is 1. The van der Waals surface area contributed by atoms with Gasteiger partial charge in [-0.15, -0.1) is 0 Å². The van der Waals surface area contributed by atoms with Crippen molar-refractivity contribution in [2.45, 2.75) is 76.5 Å². The maximum absolute atomic E-state index is 13.8. The van der Waals surface area contributed by atoms with Gasteiger partial charge in [0.2, 0.25) is 0 Å². The van der Waals surface area contributed by atoms with Crippen molar-refractivity contribution >= 4 is 16.9 Å². The summed E-state index contributed by atoms with van der Waals surface area (Å²) in [5.41, 5.74) is 3.61. The van der Waals surface area contributed by atoms with Crippen LogP contribution < -0.4 is 4.74 Å². The van der Waals surface area contributed by atoms with Crippen molar-refractivity contribution in [2.75, 3.05) is 6.61 Å². The van der Waals surface area contributed by atoms with Gasteiger partial charge in [0.25, 0.3) is 0 Å². The number of alkyl halides is 3. The third-order valence-corrected chi connectivity index (χ3v) is 7.40. The Morgan fingerprint density at radius 1 is 1.09 bits per heavy atom. The standard InChI is InChI=1S/C28H30F3NO3/c1-2-34-26(33)14-19-8-11-22-23-15-20(9-12-25(23)32-27(19)22)35-16-17-7-10-21(18-5-3-4-6-18)24(13-17)28(29,30)31/h7,9-10,12-13,15,18-19,32H,2-6,8,11,14,16H2,1H3/t19-/m0/s1. The molecular formula is C28H30F3NO3. The zero-order valence-electron chi connectivity index (χ0n) is 19.8. The Morgan fingerprint density at radius 3 is 2.63 bits per heavy atom. The molecule has 7 heteroatoms. The molecular weight excluding hydrogens is 455 g/mol. The smallest absolute Gasteiger partial charge is 0.416 e. The lowest BCUT2D eigenvalue weighted by atomic mass is 9.91. The number of H-pyrrole nitrogens is 1. The molecule has 2 aromatic carbocycles. The summed E-state index contributed by atoms with van der Waals surface area (Å²) in [6.45, 7) is 2.24. The SMILES string of the molecule is CCOC(=O)C[C@@H]1CCc2c1[nH]c1ccc(OCc3ccc(C4CCCC4)c(C(F)(F)F)c3)cc21. The van der Waals surface area contributed by atoms with E-state index < -0.39 is 11.7 Å². The Morgan fingerprint density at radius 2 is 1.89 bits per heavy atom. The predicted molar refractivity (Wildman–Crippen MR) is 128 cm³/mol. The number of carbonyl (C=O) groups excluding carboxylic acids is 1. The molecule has 186 valence electrons. The molecule has 0 saturated heterocycles. The van der Waals surface area contributed by atoms with Gasteiger partial charge in [-0.2, -0.15) is 13.2 Å². The van der Waals surface area contributed by atoms with E-state index in [1.165, 1.54) is 11.6 Å². The average Bonchev–Trinajstić information content (AvgIpc) is 3.55. The van der Waals surface area contributed by atoms with E-state index in [9.17, 15) is 18.0 Å². The van der Waals surface area contributed by atoms with Crippen LogP contribution in [0.5, 0.6) is 5.75 Å². The van der Waals surface area contributed by atoms with Gasteiger partial charge in [0.1, 0.15) is 12.4 Å². The number of rotatable bonds is 7. The maximum Gasteiger partial charge on any atom is 0.416 e. The van der Waals surface area contributed by atoms with E-state index >= 15 is 0 Å². The average molecular weight is 486 g/mol. The van der Waals surface area contributed by atoms with Crippen molar-refractivity contribution in [3.05, 3.63) is 64.3 Å². The van der Waals surface area contributed by atoms with Gasteiger partial charge >= 0.3 is 12.1 Å². The van der Waals surface area contributed by atoms with E-state index in [2.05, 4.69) is 4.98 Å². The molecule has 0 radical (unpaired) electrons. The maximum atomic E-state index is 13.8. The van der Waals surface area contributed by atoms with E-state index in [1.54, 1.807) is 19.1 Å². The lowest BCUT2D eigenvalue weighted by molar-refractivity contribution is -0.143. The zero-order chi connectivity index (χ0) is 24.6. The number of nitrogens with one attached hydrogen (secondary N) is 1. The van der Waals surface area contributed by atoms with Gasteiger partial charge < -0.3 is 14.5 Å². The van der Waals surface area contributed by atoms with Crippen molar-refractivity contribution in [2.24, 2.45) is 0 Å². The largest absolute Gasteiger partial charge is 0.489 e. The number of aryl methyl sites for hydroxylation is 1. The Balaban J connectivity index is 1.33. The first-order chi connectivity index (χ1) is 16.8. The predicted octanol–water partition coefficient (Wildman–Crippen LogP) is 7.41. The summed E-state index contributed by atoms with van der Waals surface area (Å²) < 4.78 is 52.4. The van der Waals surface area contributed by atoms with Crippen molar-refractivity contribution < 1.29 is 27.4 Å². The van der Waals surface area contributed by atoms with Crippen LogP contribution in [0.4, 0.5) is 13.2 Å². The topological polar surface area (TPSA) is 51.3 Å². The molecule has 0 spiro atoms. The molecule has 0 amide bonds. The van der Waals surface area contributed by atoms with Crippen molar-refractivity contribution in [3.8, 4) is 5.75 Å². The van der Waals surface area contributed by atoms with E-state index in [0.717, 1.165) is 55.1 Å². The minimum absolute atomic E-state index is 0.00709. The quantitative estimate of drug-likeness (QED) is 0.355. The molecule has 1 atom stereocenters. The Labute approximate surface area is 202 Å². The van der Waals surface area contributed by atoms with E-state index in [4.69, 9.17) is 9.47 Å². The van der Waals surface area contributed by atoms with E-state index in [-0.39, 0.29) is 24.4 Å². The molecule has 2 aliphatic rings. The van der Waals surface area contributed by atoms with Crippen LogP contribution >= 0.6 is 0 Å². The van der Waals surface area contributed by atoms with Crippen LogP contribution in [0, 0.1) is 0 Å². The minimum atomic E-state index is -4.38. The summed E-state index contributed by atoms with van der Waals surface area (Å²) in [6, 6.07) is 10.3. The Kier molecular flexibility index (Phi) is 6.51. The van der Waals surface area contributed by atoms with E-state index in [0.29, 0.717) is 29.9 Å². The second kappa shape index (κ2) is 9.59. The summed E-state index contributed by atoms with van der Waals surface area (Å²) in [6.07, 6.45) is 1.34. The van der Waals surface area contributed by atoms with Crippen LogP contribution in [0.25, 0.3) is 10.9 Å². The van der Waals surface area contributed by atoms with Gasteiger partial charge in [-0.3, -0.25) is 4.79 Å². The van der Waals surface area contributed by atoms with Gasteiger partial charge in [0.05, 0.1) is 18.6 Å². The summed E-state index contributed by atoms with van der Waals surface area (Å²) >= 11 is 0. The van der Waals surface area contributed by atoms with Crippen LogP contribution in [0.15, 0.2) is 36.4 Å². The summed E-state index contributed by atoms with van der Waals surface area (Å²) in [5.74, 6) is 0.527. The highest BCUT2D eigenvalue weighted by Gasteiger charge is 2.36. The third-order valence-electron chi connectivity index (χ3n) is 7.40. The summed E-state index contributed by atoms with van der Waals surface area (Å²) in [5, 5.41) is 1.04. The third kappa shape index (κ3) is 4.91. The number of carbonyl (C=O) groups is 1. The fourth-order valence-corrected chi connectivity index (χ4v) is 5.74. The molecule has 1 fully saturated rings. The molecule has 1 aromatic heterocycles. The molecule has 1 heterocycles. The molecule has 3 aromatic rings. The lowest BCUT2D eigenvalue weighted by Gasteiger charge is -2.19. The Bertz CT molecular complexity index is 1220. The fraction of sp³-hybridized carbons (Fsp3) is 0.464. The molecule has 1 N–H and O–H groups in total. The highest BCUT2D eigenvalue weighted by Crippen LogP contribution is 2.43. The van der Waals surface area contributed by atoms with Crippen LogP contribution in [-0.4, -0.2) is 17.6 Å². The normalized spacial score (nSPS) is 18.2. The van der Waals surface area contributed by atoms with Crippen LogP contribution in [0.1, 0.15) is 85.2 Å². The first-order valence-electron chi connectivity index (χ1n) is 12.5. The molecule has 1 saturated carbocycles. The molecule has 0 unspecified atom stereocenters. The van der Waals surface area contributed by atoms with E-state index in [1.807, 2.05) is 18.2 Å². The Hall–Kier alpha value is -2.96. The number of hydrogen-bond acceptors (Lipinski definition) is 3. The van der Waals surface area contributed by atoms with Crippen LogP contribution in [0.2, 0.25) is 0 Å². The summed E-state index contributed by atoms with van der Waals surface area (Å²) in [4.78, 5) is 15.4. The number of fused-ring (bicyclic) bond motifs is 3. The van der Waals surface area contributed by atoms with Crippen molar-refractivity contribution in [1.29, 1.82) is 0 Å². The molecule has 0 aliphatic heterocycles. The van der Waals surface area contributed by atoms with Gasteiger partial charge in [-0.25, -0.2) is 0 Å². The molecule has 35 heavy (non-hydrogen) atoms. The molecule has 2 aliphatic carbocycles. The highest BCUT2D eigenvalue weighted by molar-refractivity contribution is 5.87. The zero-order valence-corrected chi connectivity index (χ0v) is 19.8. The molecule has 5 rings (SSSR count). The number of ether oxygens (including phenoxy) is 2. The number of esters is 1. The highest BCUT2D eigenvalue weighted by atomic mass is 19.4. The molecule has 0 bridgehead atoms. The van der Waals surface area contributed by atoms with Crippen LogP contribution in [0.3, 0.4) is 0 Å². The number of aromatic nitrogens is 1. The minimum Gasteiger partial charge on any atom is -0.489 e. The van der Waals surface area contributed by atoms with Crippen molar-refractivity contribution in [1.82, 2.24) is 4.98 Å². The number of benzene rings is 2. The van der Waals surface area contributed by atoms with Crippen LogP contribution in [-0.2, 0) is 28.7 Å². The molecule has 4 nitrogen and oxygen atoms in total. The van der Waals surface area contributed by atoms with Crippen molar-refractivity contribution in [3.63, 3.8) is 0 Å². The van der Waals surface area contributed by atoms with Gasteiger partial charge in [-0.05, 0) is 79.5 Å². The monoisotopic (exact) mass is 485 g/mol. The summed E-state index contributed by atoms with van der Waals surface area (Å²) in [7, 11) is 0. The van der Waals surface area contributed by atoms with Gasteiger partial charge in [0.15, 0.2) is 0 Å². The second-order valence-electron chi connectivity index (χ2n) is 9.66. The lowest BCUT2D eigenvalue weighted by Crippen LogP contribution is -2.12. The second-order valence-corrected chi connectivity index (χ2v) is 9.66. The first kappa shape index (κ1) is 23.8. The first-order valence-corrected chi connectivity index (χ1v) is 12.5. The van der Waals surface area contributed by atoms with Gasteiger partial charge in [0, 0.05) is 22.5 Å². The number of halogens is 3.